The van der Waals surface area contributed by atoms with Gasteiger partial charge in [0.1, 0.15) is 0 Å². The number of hydrogen-bond donors (Lipinski definition) is 1. The molecule has 2 amide bonds. The number of carbonyl (C=O) groups excluding carboxylic acids is 1. The second kappa shape index (κ2) is 4.92. The van der Waals surface area contributed by atoms with E-state index < -0.39 is 0 Å². The number of benzene rings is 2. The zero-order valence-corrected chi connectivity index (χ0v) is 10.9. The minimum atomic E-state index is -0.295. The molecule has 0 aromatic heterocycles. The highest BCUT2D eigenvalue weighted by Gasteiger charge is 2.23. The van der Waals surface area contributed by atoms with Crippen LogP contribution in [0.3, 0.4) is 0 Å². The third-order valence-electron chi connectivity index (χ3n) is 4.07. The maximum atomic E-state index is 11.2. The molecule has 1 aliphatic heterocycles. The summed E-state index contributed by atoms with van der Waals surface area (Å²) in [6, 6.07) is 14.7. The Bertz CT molecular complexity index is 595. The van der Waals surface area contributed by atoms with Crippen molar-refractivity contribution in [1.29, 1.82) is 0 Å². The summed E-state index contributed by atoms with van der Waals surface area (Å²) in [4.78, 5) is 12.9. The molecule has 0 unspecified atom stereocenters. The number of urea groups is 1. The van der Waals surface area contributed by atoms with E-state index in [-0.39, 0.29) is 6.03 Å². The van der Waals surface area contributed by atoms with E-state index in [0.717, 1.165) is 25.9 Å². The number of primary amides is 1. The van der Waals surface area contributed by atoms with Crippen molar-refractivity contribution < 1.29 is 4.79 Å². The second-order valence-electron chi connectivity index (χ2n) is 5.17. The Morgan fingerprint density at radius 1 is 1.05 bits per heavy atom. The third kappa shape index (κ3) is 2.28. The van der Waals surface area contributed by atoms with Gasteiger partial charge in [-0.3, -0.25) is 0 Å². The highest BCUT2D eigenvalue weighted by atomic mass is 16.2. The average molecular weight is 254 g/mol. The topological polar surface area (TPSA) is 46.3 Å². The highest BCUT2D eigenvalue weighted by molar-refractivity contribution is 5.86. The summed E-state index contributed by atoms with van der Waals surface area (Å²) in [7, 11) is 0. The third-order valence-corrected chi connectivity index (χ3v) is 4.07. The van der Waals surface area contributed by atoms with Crippen molar-refractivity contribution in [3.8, 4) is 0 Å². The van der Waals surface area contributed by atoms with E-state index in [9.17, 15) is 4.79 Å². The quantitative estimate of drug-likeness (QED) is 0.835. The number of hydrogen-bond acceptors (Lipinski definition) is 1. The fourth-order valence-electron chi connectivity index (χ4n) is 3.02. The van der Waals surface area contributed by atoms with Gasteiger partial charge < -0.3 is 10.6 Å². The number of piperidine rings is 1. The number of amides is 2. The van der Waals surface area contributed by atoms with E-state index >= 15 is 0 Å². The van der Waals surface area contributed by atoms with Crippen LogP contribution < -0.4 is 5.73 Å². The van der Waals surface area contributed by atoms with E-state index in [1.54, 1.807) is 4.90 Å². The van der Waals surface area contributed by atoms with E-state index in [1.807, 2.05) is 0 Å². The van der Waals surface area contributed by atoms with Gasteiger partial charge >= 0.3 is 6.03 Å². The molecule has 19 heavy (non-hydrogen) atoms. The molecule has 1 saturated heterocycles. The predicted molar refractivity (Wildman–Crippen MR) is 77.1 cm³/mol. The lowest BCUT2D eigenvalue weighted by Gasteiger charge is -2.31. The second-order valence-corrected chi connectivity index (χ2v) is 5.17. The van der Waals surface area contributed by atoms with Gasteiger partial charge in [0, 0.05) is 13.1 Å². The molecule has 1 fully saturated rings. The molecular formula is C16H18N2O. The Hall–Kier alpha value is -2.03. The molecule has 2 aromatic carbocycles. The van der Waals surface area contributed by atoms with Crippen LogP contribution in [0.2, 0.25) is 0 Å². The van der Waals surface area contributed by atoms with Crippen molar-refractivity contribution in [2.45, 2.75) is 18.8 Å². The molecule has 1 heterocycles. The van der Waals surface area contributed by atoms with Gasteiger partial charge in [-0.15, -0.1) is 0 Å². The van der Waals surface area contributed by atoms with Gasteiger partial charge in [-0.05, 0) is 35.1 Å². The minimum Gasteiger partial charge on any atom is -0.351 e. The Balaban J connectivity index is 1.88. The fraction of sp³-hybridized carbons (Fsp3) is 0.312. The number of nitrogens with two attached hydrogens (primary N) is 1. The molecule has 0 radical (unpaired) electrons. The van der Waals surface area contributed by atoms with Crippen LogP contribution in [0.1, 0.15) is 24.3 Å². The van der Waals surface area contributed by atoms with Crippen LogP contribution in [0.4, 0.5) is 4.79 Å². The number of nitrogens with zero attached hydrogens (tertiary/aromatic N) is 1. The van der Waals surface area contributed by atoms with E-state index in [4.69, 9.17) is 5.73 Å². The number of rotatable bonds is 1. The first kappa shape index (κ1) is 12.0. The number of fused-ring (bicyclic) bond motifs is 1. The molecule has 2 aromatic rings. The van der Waals surface area contributed by atoms with Crippen molar-refractivity contribution in [3.63, 3.8) is 0 Å². The van der Waals surface area contributed by atoms with Crippen molar-refractivity contribution in [1.82, 2.24) is 4.90 Å². The van der Waals surface area contributed by atoms with Gasteiger partial charge in [-0.1, -0.05) is 42.5 Å². The summed E-state index contributed by atoms with van der Waals surface area (Å²) in [6.45, 7) is 1.53. The van der Waals surface area contributed by atoms with Crippen LogP contribution in [0.5, 0.6) is 0 Å². The molecule has 3 heteroatoms. The standard InChI is InChI=1S/C16H18N2O/c17-16(19)18-10-8-13(9-11-18)15-7-3-5-12-4-1-2-6-14(12)15/h1-7,13H,8-11H2,(H2,17,19). The molecule has 98 valence electrons. The molecular weight excluding hydrogens is 236 g/mol. The number of likely N-dealkylation sites (tertiary alicyclic amines) is 1. The summed E-state index contributed by atoms with van der Waals surface area (Å²) in [6.07, 6.45) is 1.99. The van der Waals surface area contributed by atoms with Crippen molar-refractivity contribution >= 4 is 16.8 Å². The van der Waals surface area contributed by atoms with E-state index in [0.29, 0.717) is 5.92 Å². The van der Waals surface area contributed by atoms with Crippen molar-refractivity contribution in [3.05, 3.63) is 48.0 Å². The summed E-state index contributed by atoms with van der Waals surface area (Å²) in [5, 5.41) is 2.62. The van der Waals surface area contributed by atoms with E-state index in [1.165, 1.54) is 16.3 Å². The Labute approximate surface area is 113 Å². The zero-order chi connectivity index (χ0) is 13.2. The average Bonchev–Trinajstić information content (AvgIpc) is 2.47. The summed E-state index contributed by atoms with van der Waals surface area (Å²) < 4.78 is 0. The monoisotopic (exact) mass is 254 g/mol. The smallest absolute Gasteiger partial charge is 0.314 e. The maximum absolute atomic E-state index is 11.2. The van der Waals surface area contributed by atoms with Crippen LogP contribution in [0, 0.1) is 0 Å². The Kier molecular flexibility index (Phi) is 3.11. The fourth-order valence-corrected chi connectivity index (χ4v) is 3.02. The van der Waals surface area contributed by atoms with Gasteiger partial charge in [0.2, 0.25) is 0 Å². The molecule has 0 saturated carbocycles. The van der Waals surface area contributed by atoms with E-state index in [2.05, 4.69) is 42.5 Å². The first-order chi connectivity index (χ1) is 9.25. The van der Waals surface area contributed by atoms with Crippen LogP contribution >= 0.6 is 0 Å². The van der Waals surface area contributed by atoms with Gasteiger partial charge in [0.25, 0.3) is 0 Å². The van der Waals surface area contributed by atoms with Crippen LogP contribution in [-0.2, 0) is 0 Å². The minimum absolute atomic E-state index is 0.295. The molecule has 0 spiro atoms. The van der Waals surface area contributed by atoms with Crippen molar-refractivity contribution in [2.75, 3.05) is 13.1 Å². The molecule has 2 N–H and O–H groups in total. The normalized spacial score (nSPS) is 16.7. The molecule has 0 atom stereocenters. The van der Waals surface area contributed by atoms with Gasteiger partial charge in [0.15, 0.2) is 0 Å². The van der Waals surface area contributed by atoms with Crippen LogP contribution in [0.25, 0.3) is 10.8 Å². The van der Waals surface area contributed by atoms with Crippen LogP contribution in [-0.4, -0.2) is 24.0 Å². The summed E-state index contributed by atoms with van der Waals surface area (Å²) >= 11 is 0. The SMILES string of the molecule is NC(=O)N1CCC(c2cccc3ccccc23)CC1. The largest absolute Gasteiger partial charge is 0.351 e. The molecule has 0 aliphatic carbocycles. The maximum Gasteiger partial charge on any atom is 0.314 e. The lowest BCUT2D eigenvalue weighted by molar-refractivity contribution is 0.191. The predicted octanol–water partition coefficient (Wildman–Crippen LogP) is 3.10. The summed E-state index contributed by atoms with van der Waals surface area (Å²) in [5.41, 5.74) is 6.73. The first-order valence-corrected chi connectivity index (χ1v) is 6.78. The number of carbonyl (C=O) groups is 1. The molecule has 3 nitrogen and oxygen atoms in total. The Morgan fingerprint density at radius 2 is 1.74 bits per heavy atom. The zero-order valence-electron chi connectivity index (χ0n) is 10.9. The van der Waals surface area contributed by atoms with Gasteiger partial charge in [0.05, 0.1) is 0 Å². The summed E-state index contributed by atoms with van der Waals surface area (Å²) in [5.74, 6) is 0.529. The van der Waals surface area contributed by atoms with Gasteiger partial charge in [-0.2, -0.15) is 0 Å². The van der Waals surface area contributed by atoms with Gasteiger partial charge in [-0.25, -0.2) is 4.79 Å². The highest BCUT2D eigenvalue weighted by Crippen LogP contribution is 2.32. The van der Waals surface area contributed by atoms with Crippen molar-refractivity contribution in [2.24, 2.45) is 5.73 Å². The lowest BCUT2D eigenvalue weighted by Crippen LogP contribution is -2.41. The first-order valence-electron chi connectivity index (χ1n) is 6.78. The molecule has 0 bridgehead atoms. The lowest BCUT2D eigenvalue weighted by atomic mass is 9.86. The molecule has 3 rings (SSSR count). The molecule has 1 aliphatic rings. The Morgan fingerprint density at radius 3 is 2.47 bits per heavy atom. The van der Waals surface area contributed by atoms with Crippen LogP contribution in [0.15, 0.2) is 42.5 Å².